The molecule has 0 aromatic heterocycles. The van der Waals surface area contributed by atoms with Crippen molar-refractivity contribution in [1.82, 2.24) is 4.90 Å². The Morgan fingerprint density at radius 3 is 2.24 bits per heavy atom. The first-order valence-electron chi connectivity index (χ1n) is 9.41. The van der Waals surface area contributed by atoms with Crippen LogP contribution >= 0.6 is 0 Å². The van der Waals surface area contributed by atoms with Crippen molar-refractivity contribution in [3.05, 3.63) is 35.4 Å². The molecule has 156 valence electrons. The van der Waals surface area contributed by atoms with Crippen LogP contribution in [0.25, 0.3) is 0 Å². The summed E-state index contributed by atoms with van der Waals surface area (Å²) in [5, 5.41) is 10.8. The molecule has 0 bridgehead atoms. The van der Waals surface area contributed by atoms with Gasteiger partial charge in [0, 0.05) is 30.3 Å². The van der Waals surface area contributed by atoms with Crippen LogP contribution in [-0.4, -0.2) is 64.4 Å². The third-order valence-electron chi connectivity index (χ3n) is 5.26. The topological polar surface area (TPSA) is 78.9 Å². The zero-order valence-corrected chi connectivity index (χ0v) is 16.8. The minimum Gasteiger partial charge on any atom is -0.507 e. The van der Waals surface area contributed by atoms with Crippen LogP contribution in [0.3, 0.4) is 0 Å². The molecule has 1 saturated heterocycles. The molecule has 2 aliphatic rings. The number of benzene rings is 2. The fourth-order valence-electron chi connectivity index (χ4n) is 3.90. The quantitative estimate of drug-likeness (QED) is 0.789. The summed E-state index contributed by atoms with van der Waals surface area (Å²) in [4.78, 5) is 2.24. The fourth-order valence-corrected chi connectivity index (χ4v) is 3.90. The number of morpholine rings is 1. The number of fused-ring (bicyclic) bond motifs is 1. The molecule has 1 atom stereocenters. The van der Waals surface area contributed by atoms with Gasteiger partial charge in [0.15, 0.2) is 23.0 Å². The number of rotatable bonds is 6. The molecular formula is C21H25NO7. The van der Waals surface area contributed by atoms with Gasteiger partial charge in [-0.3, -0.25) is 4.90 Å². The Morgan fingerprint density at radius 1 is 0.897 bits per heavy atom. The van der Waals surface area contributed by atoms with E-state index >= 15 is 0 Å². The van der Waals surface area contributed by atoms with Gasteiger partial charge in [-0.2, -0.15) is 0 Å². The average molecular weight is 403 g/mol. The van der Waals surface area contributed by atoms with E-state index in [1.165, 1.54) is 0 Å². The lowest BCUT2D eigenvalue weighted by Gasteiger charge is -2.36. The Morgan fingerprint density at radius 2 is 1.59 bits per heavy atom. The molecule has 29 heavy (non-hydrogen) atoms. The van der Waals surface area contributed by atoms with Gasteiger partial charge < -0.3 is 33.5 Å². The summed E-state index contributed by atoms with van der Waals surface area (Å²) < 4.78 is 33.2. The molecule has 2 aliphatic heterocycles. The van der Waals surface area contributed by atoms with E-state index in [-0.39, 0.29) is 18.6 Å². The molecule has 8 heteroatoms. The van der Waals surface area contributed by atoms with E-state index in [1.54, 1.807) is 27.4 Å². The molecule has 4 rings (SSSR count). The summed E-state index contributed by atoms with van der Waals surface area (Å²) in [6.07, 6.45) is 0. The minimum absolute atomic E-state index is 0.127. The van der Waals surface area contributed by atoms with Gasteiger partial charge in [-0.1, -0.05) is 0 Å². The van der Waals surface area contributed by atoms with E-state index in [9.17, 15) is 5.11 Å². The van der Waals surface area contributed by atoms with Gasteiger partial charge in [0.2, 0.25) is 12.5 Å². The number of phenols is 1. The van der Waals surface area contributed by atoms with Crippen molar-refractivity contribution in [3.63, 3.8) is 0 Å². The molecule has 2 heterocycles. The number of ether oxygens (including phenoxy) is 6. The molecule has 2 aromatic carbocycles. The smallest absolute Gasteiger partial charge is 0.231 e. The zero-order valence-electron chi connectivity index (χ0n) is 16.8. The van der Waals surface area contributed by atoms with Crippen molar-refractivity contribution in [2.75, 3.05) is 54.4 Å². The largest absolute Gasteiger partial charge is 0.507 e. The summed E-state index contributed by atoms with van der Waals surface area (Å²) in [5.74, 6) is 2.90. The van der Waals surface area contributed by atoms with Gasteiger partial charge in [0.1, 0.15) is 5.75 Å². The summed E-state index contributed by atoms with van der Waals surface area (Å²) >= 11 is 0. The van der Waals surface area contributed by atoms with E-state index in [1.807, 2.05) is 18.2 Å². The van der Waals surface area contributed by atoms with Gasteiger partial charge in [0.25, 0.3) is 0 Å². The van der Waals surface area contributed by atoms with Crippen molar-refractivity contribution in [1.29, 1.82) is 0 Å². The summed E-state index contributed by atoms with van der Waals surface area (Å²) in [6.45, 7) is 2.76. The number of phenolic OH excluding ortho intramolecular Hbond substituents is 1. The summed E-state index contributed by atoms with van der Waals surface area (Å²) in [6, 6.07) is 6.90. The van der Waals surface area contributed by atoms with Crippen molar-refractivity contribution >= 4 is 0 Å². The molecule has 0 aliphatic carbocycles. The summed E-state index contributed by atoms with van der Waals surface area (Å²) in [5.41, 5.74) is 1.54. The van der Waals surface area contributed by atoms with Gasteiger partial charge in [-0.05, 0) is 18.2 Å². The van der Waals surface area contributed by atoms with Crippen LogP contribution in [0.2, 0.25) is 0 Å². The van der Waals surface area contributed by atoms with Crippen LogP contribution in [-0.2, 0) is 4.74 Å². The van der Waals surface area contributed by atoms with Crippen LogP contribution in [0.4, 0.5) is 0 Å². The maximum absolute atomic E-state index is 10.8. The number of hydrogen-bond donors (Lipinski definition) is 1. The van der Waals surface area contributed by atoms with Crippen LogP contribution in [0.1, 0.15) is 17.2 Å². The maximum atomic E-state index is 10.8. The fraction of sp³-hybridized carbons (Fsp3) is 0.429. The predicted octanol–water partition coefficient (Wildman–Crippen LogP) is 2.57. The second-order valence-electron chi connectivity index (χ2n) is 6.74. The highest BCUT2D eigenvalue weighted by Crippen LogP contribution is 2.49. The SMILES string of the molecule is COc1ccc([C@@H](c2cc3c(cc2O)OCO3)N2CCOCC2)c(OC)c1OC. The Hall–Kier alpha value is -2.84. The lowest BCUT2D eigenvalue weighted by molar-refractivity contribution is 0.0231. The Labute approximate surface area is 169 Å². The Kier molecular flexibility index (Phi) is 5.55. The Balaban J connectivity index is 1.89. The van der Waals surface area contributed by atoms with Crippen LogP contribution < -0.4 is 23.7 Å². The molecule has 0 radical (unpaired) electrons. The highest BCUT2D eigenvalue weighted by Gasteiger charge is 2.33. The van der Waals surface area contributed by atoms with Gasteiger partial charge in [0.05, 0.1) is 40.6 Å². The molecule has 0 spiro atoms. The minimum atomic E-state index is -0.303. The van der Waals surface area contributed by atoms with Gasteiger partial charge >= 0.3 is 0 Å². The van der Waals surface area contributed by atoms with Gasteiger partial charge in [-0.25, -0.2) is 0 Å². The van der Waals surface area contributed by atoms with E-state index in [0.717, 1.165) is 5.56 Å². The van der Waals surface area contributed by atoms with Crippen molar-refractivity contribution in [2.45, 2.75) is 6.04 Å². The van der Waals surface area contributed by atoms with Crippen LogP contribution in [0, 0.1) is 0 Å². The third kappa shape index (κ3) is 3.49. The first-order valence-corrected chi connectivity index (χ1v) is 9.41. The molecule has 0 unspecified atom stereocenters. The molecule has 8 nitrogen and oxygen atoms in total. The summed E-state index contributed by atoms with van der Waals surface area (Å²) in [7, 11) is 4.75. The second kappa shape index (κ2) is 8.26. The Bertz CT molecular complexity index is 880. The number of methoxy groups -OCH3 is 3. The highest BCUT2D eigenvalue weighted by molar-refractivity contribution is 5.61. The normalized spacial score (nSPS) is 17.1. The highest BCUT2D eigenvalue weighted by atomic mass is 16.7. The molecular weight excluding hydrogens is 378 g/mol. The van der Waals surface area contributed by atoms with E-state index in [0.29, 0.717) is 60.6 Å². The predicted molar refractivity (Wildman–Crippen MR) is 105 cm³/mol. The molecule has 0 saturated carbocycles. The lowest BCUT2D eigenvalue weighted by Crippen LogP contribution is -2.39. The van der Waals surface area contributed by atoms with Crippen LogP contribution in [0.5, 0.6) is 34.5 Å². The lowest BCUT2D eigenvalue weighted by atomic mass is 9.94. The standard InChI is InChI=1S/C21H25NO7/c1-24-16-5-4-13(20(25-2)21(16)26-3)19(22-6-8-27-9-7-22)14-10-17-18(11-15(14)23)29-12-28-17/h4-5,10-11,19,23H,6-9,12H2,1-3H3/t19-/m0/s1. The third-order valence-corrected chi connectivity index (χ3v) is 5.26. The first-order chi connectivity index (χ1) is 14.2. The number of hydrogen-bond acceptors (Lipinski definition) is 8. The molecule has 0 amide bonds. The molecule has 2 aromatic rings. The second-order valence-corrected chi connectivity index (χ2v) is 6.74. The number of nitrogens with zero attached hydrogens (tertiary/aromatic N) is 1. The van der Waals surface area contributed by atoms with Crippen molar-refractivity contribution in [3.8, 4) is 34.5 Å². The first kappa shape index (κ1) is 19.5. The maximum Gasteiger partial charge on any atom is 0.231 e. The molecule has 1 fully saturated rings. The molecule has 1 N–H and O–H groups in total. The van der Waals surface area contributed by atoms with Crippen molar-refractivity contribution in [2.24, 2.45) is 0 Å². The van der Waals surface area contributed by atoms with Crippen LogP contribution in [0.15, 0.2) is 24.3 Å². The average Bonchev–Trinajstić information content (AvgIpc) is 3.21. The monoisotopic (exact) mass is 403 g/mol. The van der Waals surface area contributed by atoms with E-state index < -0.39 is 0 Å². The number of aromatic hydroxyl groups is 1. The van der Waals surface area contributed by atoms with E-state index in [2.05, 4.69) is 4.90 Å². The van der Waals surface area contributed by atoms with E-state index in [4.69, 9.17) is 28.4 Å². The van der Waals surface area contributed by atoms with Crippen molar-refractivity contribution < 1.29 is 33.5 Å². The van der Waals surface area contributed by atoms with Gasteiger partial charge in [-0.15, -0.1) is 0 Å². The zero-order chi connectivity index (χ0) is 20.4.